The van der Waals surface area contributed by atoms with Gasteiger partial charge in [-0.3, -0.25) is 4.79 Å². The van der Waals surface area contributed by atoms with E-state index in [-0.39, 0.29) is 6.54 Å². The third kappa shape index (κ3) is 3.36. The normalized spacial score (nSPS) is 9.73. The van der Waals surface area contributed by atoms with Gasteiger partial charge in [0.2, 0.25) is 0 Å². The maximum Gasteiger partial charge on any atom is 0.308 e. The van der Waals surface area contributed by atoms with Crippen molar-refractivity contribution in [3.63, 3.8) is 0 Å². The lowest BCUT2D eigenvalue weighted by Gasteiger charge is -2.07. The smallest absolute Gasteiger partial charge is 0.308 e. The first-order valence-electron chi connectivity index (χ1n) is 4.32. The average Bonchev–Trinajstić information content (AvgIpc) is 2.20. The third-order valence-electron chi connectivity index (χ3n) is 1.76. The first kappa shape index (κ1) is 11.7. The van der Waals surface area contributed by atoms with E-state index in [1.54, 1.807) is 12.1 Å². The summed E-state index contributed by atoms with van der Waals surface area (Å²) >= 11 is 1.54. The van der Waals surface area contributed by atoms with Crippen molar-refractivity contribution >= 4 is 17.7 Å². The molecule has 0 radical (unpaired) electrons. The fourth-order valence-electron chi connectivity index (χ4n) is 1.11. The molecule has 0 spiro atoms. The van der Waals surface area contributed by atoms with Crippen LogP contribution in [0.4, 0.5) is 0 Å². The number of hydrogen-bond donors (Lipinski definition) is 0. The van der Waals surface area contributed by atoms with Crippen LogP contribution in [0.3, 0.4) is 0 Å². The summed E-state index contributed by atoms with van der Waals surface area (Å²) in [4.78, 5) is 22.0. The molecule has 0 atom stereocenters. The van der Waals surface area contributed by atoms with Crippen LogP contribution in [-0.4, -0.2) is 12.2 Å². The molecular formula is C10H11NO3S. The van der Waals surface area contributed by atoms with Crippen molar-refractivity contribution in [3.8, 4) is 5.75 Å². The van der Waals surface area contributed by atoms with E-state index in [9.17, 15) is 9.70 Å². The standard InChI is InChI=1S/C10H11NO3S/c1-7(12)14-10-5-9(15-2)4-3-8(10)6-11-13/h3-5H,6H2,1-2H3. The van der Waals surface area contributed by atoms with Gasteiger partial charge >= 0.3 is 5.97 Å². The summed E-state index contributed by atoms with van der Waals surface area (Å²) < 4.78 is 4.99. The zero-order valence-corrected chi connectivity index (χ0v) is 9.34. The van der Waals surface area contributed by atoms with E-state index in [1.165, 1.54) is 18.7 Å². The minimum Gasteiger partial charge on any atom is -0.426 e. The van der Waals surface area contributed by atoms with Crippen LogP contribution in [0.1, 0.15) is 12.5 Å². The Morgan fingerprint density at radius 1 is 1.53 bits per heavy atom. The van der Waals surface area contributed by atoms with E-state index in [2.05, 4.69) is 5.18 Å². The Morgan fingerprint density at radius 2 is 2.27 bits per heavy atom. The van der Waals surface area contributed by atoms with E-state index < -0.39 is 5.97 Å². The second kappa shape index (κ2) is 5.50. The molecule has 80 valence electrons. The topological polar surface area (TPSA) is 55.7 Å². The maximum absolute atomic E-state index is 10.8. The Labute approximate surface area is 92.0 Å². The van der Waals surface area contributed by atoms with Gasteiger partial charge in [-0.1, -0.05) is 11.2 Å². The number of carbonyl (C=O) groups excluding carboxylic acids is 1. The van der Waals surface area contributed by atoms with E-state index in [4.69, 9.17) is 4.74 Å². The molecule has 0 aliphatic heterocycles. The lowest BCUT2D eigenvalue weighted by atomic mass is 10.2. The van der Waals surface area contributed by atoms with Gasteiger partial charge in [-0.15, -0.1) is 11.8 Å². The summed E-state index contributed by atoms with van der Waals surface area (Å²) in [6.07, 6.45) is 1.92. The van der Waals surface area contributed by atoms with Crippen LogP contribution in [0, 0.1) is 4.91 Å². The fourth-order valence-corrected chi connectivity index (χ4v) is 1.54. The lowest BCUT2D eigenvalue weighted by molar-refractivity contribution is -0.131. The quantitative estimate of drug-likeness (QED) is 0.342. The number of carbonyl (C=O) groups is 1. The van der Waals surface area contributed by atoms with Gasteiger partial charge in [-0.2, -0.15) is 4.91 Å². The molecule has 1 aromatic carbocycles. The van der Waals surface area contributed by atoms with Gasteiger partial charge in [0.25, 0.3) is 0 Å². The number of nitroso groups, excluding NO2 is 1. The van der Waals surface area contributed by atoms with Crippen molar-refractivity contribution in [2.75, 3.05) is 6.26 Å². The molecule has 0 saturated heterocycles. The molecule has 0 bridgehead atoms. The number of hydrogen-bond acceptors (Lipinski definition) is 5. The van der Waals surface area contributed by atoms with Gasteiger partial charge in [-0.25, -0.2) is 0 Å². The third-order valence-corrected chi connectivity index (χ3v) is 2.49. The Bertz CT molecular complexity index is 379. The zero-order chi connectivity index (χ0) is 11.3. The molecule has 0 N–H and O–H groups in total. The SMILES string of the molecule is CSc1ccc(CN=O)c(OC(C)=O)c1. The van der Waals surface area contributed by atoms with Crippen LogP contribution in [-0.2, 0) is 11.3 Å². The van der Waals surface area contributed by atoms with Crippen LogP contribution in [0.25, 0.3) is 0 Å². The highest BCUT2D eigenvalue weighted by Crippen LogP contribution is 2.26. The molecule has 4 nitrogen and oxygen atoms in total. The summed E-state index contributed by atoms with van der Waals surface area (Å²) in [6, 6.07) is 5.33. The van der Waals surface area contributed by atoms with Crippen LogP contribution in [0.2, 0.25) is 0 Å². The minimum absolute atomic E-state index is 0.0112. The molecule has 15 heavy (non-hydrogen) atoms. The van der Waals surface area contributed by atoms with Crippen LogP contribution >= 0.6 is 11.8 Å². The minimum atomic E-state index is -0.402. The van der Waals surface area contributed by atoms with Crippen LogP contribution in [0.15, 0.2) is 28.3 Å². The molecule has 5 heteroatoms. The Morgan fingerprint density at radius 3 is 2.80 bits per heavy atom. The van der Waals surface area contributed by atoms with Crippen molar-refractivity contribution in [2.24, 2.45) is 5.18 Å². The highest BCUT2D eigenvalue weighted by molar-refractivity contribution is 7.98. The predicted molar refractivity (Wildman–Crippen MR) is 59.0 cm³/mol. The van der Waals surface area contributed by atoms with E-state index >= 15 is 0 Å². The second-order valence-electron chi connectivity index (χ2n) is 2.85. The molecule has 0 unspecified atom stereocenters. The molecule has 0 aliphatic rings. The van der Waals surface area contributed by atoms with Crippen molar-refractivity contribution in [1.82, 2.24) is 0 Å². The summed E-state index contributed by atoms with van der Waals surface area (Å²) in [5.41, 5.74) is 0.623. The number of thioether (sulfide) groups is 1. The first-order valence-corrected chi connectivity index (χ1v) is 5.54. The predicted octanol–water partition coefficient (Wildman–Crippen LogP) is 2.60. The molecule has 0 aromatic heterocycles. The zero-order valence-electron chi connectivity index (χ0n) is 8.52. The van der Waals surface area contributed by atoms with E-state index in [0.717, 1.165) is 4.90 Å². The lowest BCUT2D eigenvalue weighted by Crippen LogP contribution is -2.03. The van der Waals surface area contributed by atoms with Crippen LogP contribution in [0.5, 0.6) is 5.75 Å². The summed E-state index contributed by atoms with van der Waals surface area (Å²) in [7, 11) is 0. The number of ether oxygens (including phenoxy) is 1. The largest absolute Gasteiger partial charge is 0.426 e. The second-order valence-corrected chi connectivity index (χ2v) is 3.73. The van der Waals surface area contributed by atoms with Gasteiger partial charge < -0.3 is 4.74 Å². The fraction of sp³-hybridized carbons (Fsp3) is 0.300. The van der Waals surface area contributed by atoms with Crippen molar-refractivity contribution in [2.45, 2.75) is 18.4 Å². The van der Waals surface area contributed by atoms with Gasteiger partial charge in [0.1, 0.15) is 12.3 Å². The molecule has 0 heterocycles. The van der Waals surface area contributed by atoms with Gasteiger partial charge in [0.05, 0.1) is 0 Å². The van der Waals surface area contributed by atoms with Gasteiger partial charge in [0, 0.05) is 17.4 Å². The summed E-state index contributed by atoms with van der Waals surface area (Å²) in [5, 5.41) is 2.78. The first-order chi connectivity index (χ1) is 7.17. The van der Waals surface area contributed by atoms with Crippen molar-refractivity contribution in [1.29, 1.82) is 0 Å². The van der Waals surface area contributed by atoms with Gasteiger partial charge in [-0.05, 0) is 18.4 Å². The van der Waals surface area contributed by atoms with Gasteiger partial charge in [0.15, 0.2) is 0 Å². The molecule has 0 amide bonds. The van der Waals surface area contributed by atoms with E-state index in [0.29, 0.717) is 11.3 Å². The number of benzene rings is 1. The molecule has 0 saturated carbocycles. The number of esters is 1. The highest BCUT2D eigenvalue weighted by atomic mass is 32.2. The highest BCUT2D eigenvalue weighted by Gasteiger charge is 2.07. The number of nitrogens with zero attached hydrogens (tertiary/aromatic N) is 1. The summed E-state index contributed by atoms with van der Waals surface area (Å²) in [6.45, 7) is 1.33. The summed E-state index contributed by atoms with van der Waals surface area (Å²) in [5.74, 6) is 0.00866. The van der Waals surface area contributed by atoms with Crippen LogP contribution < -0.4 is 4.74 Å². The molecular weight excluding hydrogens is 214 g/mol. The Kier molecular flexibility index (Phi) is 4.30. The molecule has 0 aliphatic carbocycles. The Balaban J connectivity index is 3.03. The Hall–Kier alpha value is -1.36. The molecule has 0 fully saturated rings. The van der Waals surface area contributed by atoms with Crippen molar-refractivity contribution < 1.29 is 9.53 Å². The van der Waals surface area contributed by atoms with E-state index in [1.807, 2.05) is 12.3 Å². The van der Waals surface area contributed by atoms with Crippen molar-refractivity contribution in [3.05, 3.63) is 28.7 Å². The molecule has 1 rings (SSSR count). The maximum atomic E-state index is 10.8. The average molecular weight is 225 g/mol. The monoisotopic (exact) mass is 225 g/mol. The molecule has 1 aromatic rings. The number of rotatable bonds is 4.